The maximum atomic E-state index is 13.2. The fourth-order valence-electron chi connectivity index (χ4n) is 4.13. The lowest BCUT2D eigenvalue weighted by Crippen LogP contribution is -2.42. The molecular weight excluding hydrogens is 480 g/mol. The van der Waals surface area contributed by atoms with Crippen molar-refractivity contribution >= 4 is 50.5 Å². The molecule has 36 heavy (non-hydrogen) atoms. The van der Waals surface area contributed by atoms with Crippen LogP contribution in [0.1, 0.15) is 32.5 Å². The van der Waals surface area contributed by atoms with Crippen LogP contribution in [0.25, 0.3) is 10.2 Å². The number of fused-ring (bicyclic) bond motifs is 2. The minimum absolute atomic E-state index is 0.210. The van der Waals surface area contributed by atoms with Crippen molar-refractivity contribution in [2.75, 3.05) is 17.3 Å². The SMILES string of the molecule is Cc1c(C(=O)Nc2ccccc2)sc2ncn(CC(=O)c3ccc4c(c3)N(C)C(=O)C(C)O4)c(=O)c12. The average Bonchev–Trinajstić information content (AvgIpc) is 3.22. The van der Waals surface area contributed by atoms with Gasteiger partial charge in [-0.2, -0.15) is 0 Å². The molecule has 3 heterocycles. The number of benzene rings is 2. The third-order valence-electron chi connectivity index (χ3n) is 6.09. The van der Waals surface area contributed by atoms with Crippen molar-refractivity contribution in [2.45, 2.75) is 26.5 Å². The predicted octanol–water partition coefficient (Wildman–Crippen LogP) is 3.65. The smallest absolute Gasteiger partial charge is 0.267 e. The summed E-state index contributed by atoms with van der Waals surface area (Å²) in [5.41, 5.74) is 1.59. The van der Waals surface area contributed by atoms with Gasteiger partial charge in [0, 0.05) is 18.3 Å². The van der Waals surface area contributed by atoms with Gasteiger partial charge in [-0.05, 0) is 49.7 Å². The molecule has 0 aliphatic carbocycles. The Hall–Kier alpha value is -4.31. The molecule has 1 atom stereocenters. The molecule has 0 saturated carbocycles. The number of carbonyl (C=O) groups is 3. The maximum Gasteiger partial charge on any atom is 0.267 e. The minimum Gasteiger partial charge on any atom is -0.479 e. The van der Waals surface area contributed by atoms with E-state index < -0.39 is 11.7 Å². The molecule has 0 radical (unpaired) electrons. The van der Waals surface area contributed by atoms with Crippen LogP contribution in [0.5, 0.6) is 5.75 Å². The highest BCUT2D eigenvalue weighted by molar-refractivity contribution is 7.20. The molecule has 2 amide bonds. The first kappa shape index (κ1) is 23.4. The second-order valence-corrected chi connectivity index (χ2v) is 9.50. The fourth-order valence-corrected chi connectivity index (χ4v) is 5.16. The number of para-hydroxylation sites is 1. The van der Waals surface area contributed by atoms with Gasteiger partial charge in [-0.3, -0.25) is 23.7 Å². The van der Waals surface area contributed by atoms with Crippen LogP contribution in [-0.4, -0.2) is 40.3 Å². The Kier molecular flexibility index (Phi) is 5.89. The van der Waals surface area contributed by atoms with E-state index in [1.807, 2.05) is 18.2 Å². The molecule has 1 unspecified atom stereocenters. The minimum atomic E-state index is -0.603. The molecule has 0 spiro atoms. The number of hydrogen-bond acceptors (Lipinski definition) is 7. The van der Waals surface area contributed by atoms with Gasteiger partial charge in [0.2, 0.25) is 0 Å². The van der Waals surface area contributed by atoms with Crippen molar-refractivity contribution in [3.05, 3.63) is 81.2 Å². The monoisotopic (exact) mass is 502 g/mol. The van der Waals surface area contributed by atoms with E-state index in [0.717, 1.165) is 11.3 Å². The molecule has 1 aliphatic rings. The van der Waals surface area contributed by atoms with Crippen LogP contribution in [0.15, 0.2) is 59.7 Å². The molecule has 182 valence electrons. The largest absolute Gasteiger partial charge is 0.479 e. The number of Topliss-reactive ketones (excluding diaryl/α,β-unsaturated/α-hetero) is 1. The van der Waals surface area contributed by atoms with Crippen molar-refractivity contribution in [2.24, 2.45) is 0 Å². The summed E-state index contributed by atoms with van der Waals surface area (Å²) in [7, 11) is 1.63. The Bertz CT molecular complexity index is 1590. The number of nitrogens with one attached hydrogen (secondary N) is 1. The van der Waals surface area contributed by atoms with Crippen LogP contribution < -0.4 is 20.5 Å². The number of nitrogens with zero attached hydrogens (tertiary/aromatic N) is 3. The number of anilines is 2. The number of thiophene rings is 1. The number of aryl methyl sites for hydroxylation is 1. The zero-order chi connectivity index (χ0) is 25.6. The number of ketones is 1. The first-order chi connectivity index (χ1) is 17.2. The van der Waals surface area contributed by atoms with Crippen LogP contribution >= 0.6 is 11.3 Å². The van der Waals surface area contributed by atoms with Crippen molar-refractivity contribution < 1.29 is 19.1 Å². The topological polar surface area (TPSA) is 111 Å². The van der Waals surface area contributed by atoms with Crippen molar-refractivity contribution in [3.8, 4) is 5.75 Å². The fraction of sp³-hybridized carbons (Fsp3) is 0.192. The van der Waals surface area contributed by atoms with Gasteiger partial charge in [0.05, 0.1) is 28.8 Å². The summed E-state index contributed by atoms with van der Waals surface area (Å²) >= 11 is 1.13. The van der Waals surface area contributed by atoms with E-state index in [2.05, 4.69) is 10.3 Å². The second kappa shape index (κ2) is 9.04. The van der Waals surface area contributed by atoms with Crippen LogP contribution in [0.3, 0.4) is 0 Å². The summed E-state index contributed by atoms with van der Waals surface area (Å²) in [6.07, 6.45) is 0.713. The lowest BCUT2D eigenvalue weighted by atomic mass is 10.1. The quantitative estimate of drug-likeness (QED) is 0.417. The van der Waals surface area contributed by atoms with E-state index in [-0.39, 0.29) is 24.1 Å². The molecule has 10 heteroatoms. The molecule has 0 saturated heterocycles. The lowest BCUT2D eigenvalue weighted by Gasteiger charge is -2.30. The van der Waals surface area contributed by atoms with Gasteiger partial charge in [-0.25, -0.2) is 4.98 Å². The Morgan fingerprint density at radius 1 is 1.14 bits per heavy atom. The van der Waals surface area contributed by atoms with Crippen molar-refractivity contribution in [1.29, 1.82) is 0 Å². The van der Waals surface area contributed by atoms with E-state index in [1.165, 1.54) is 15.8 Å². The highest BCUT2D eigenvalue weighted by atomic mass is 32.1. The standard InChI is InChI=1S/C26H22N4O5S/c1-14-21-24(36-22(14)23(32)28-17-7-5-4-6-8-17)27-13-30(26(21)34)12-19(31)16-9-10-20-18(11-16)29(3)25(33)15(2)35-20/h4-11,13,15H,12H2,1-3H3,(H,28,32). The van der Waals surface area contributed by atoms with E-state index in [4.69, 9.17) is 4.74 Å². The second-order valence-electron chi connectivity index (χ2n) is 8.50. The third kappa shape index (κ3) is 4.05. The number of ether oxygens (including phenoxy) is 1. The number of likely N-dealkylation sites (N-methyl/N-ethyl adjacent to an activating group) is 1. The number of amides is 2. The van der Waals surface area contributed by atoms with Crippen LogP contribution in [0.2, 0.25) is 0 Å². The summed E-state index contributed by atoms with van der Waals surface area (Å²) < 4.78 is 6.84. The maximum absolute atomic E-state index is 13.2. The summed E-state index contributed by atoms with van der Waals surface area (Å²) in [6, 6.07) is 13.9. The Balaban J connectivity index is 1.42. The van der Waals surface area contributed by atoms with Crippen LogP contribution in [-0.2, 0) is 11.3 Å². The molecule has 2 aromatic heterocycles. The van der Waals surface area contributed by atoms with Crippen LogP contribution in [0.4, 0.5) is 11.4 Å². The van der Waals surface area contributed by atoms with Gasteiger partial charge in [0.25, 0.3) is 17.4 Å². The number of carbonyl (C=O) groups excluding carboxylic acids is 3. The number of rotatable bonds is 5. The molecule has 2 aromatic carbocycles. The van der Waals surface area contributed by atoms with Crippen molar-refractivity contribution in [3.63, 3.8) is 0 Å². The van der Waals surface area contributed by atoms with E-state index in [9.17, 15) is 19.2 Å². The summed E-state index contributed by atoms with van der Waals surface area (Å²) in [5.74, 6) is -0.349. The highest BCUT2D eigenvalue weighted by Gasteiger charge is 2.29. The zero-order valence-corrected chi connectivity index (χ0v) is 20.6. The lowest BCUT2D eigenvalue weighted by molar-refractivity contribution is -0.125. The van der Waals surface area contributed by atoms with Gasteiger partial charge in [0.1, 0.15) is 10.6 Å². The Labute approximate surface area is 209 Å². The van der Waals surface area contributed by atoms with E-state index in [1.54, 1.807) is 51.2 Å². The van der Waals surface area contributed by atoms with Gasteiger partial charge in [0.15, 0.2) is 11.9 Å². The van der Waals surface area contributed by atoms with Gasteiger partial charge in [-0.15, -0.1) is 11.3 Å². The molecule has 0 fully saturated rings. The van der Waals surface area contributed by atoms with E-state index >= 15 is 0 Å². The molecular formula is C26H22N4O5S. The number of aromatic nitrogens is 2. The molecule has 5 rings (SSSR count). The molecule has 0 bridgehead atoms. The molecule has 1 aliphatic heterocycles. The first-order valence-electron chi connectivity index (χ1n) is 11.2. The number of hydrogen-bond donors (Lipinski definition) is 1. The summed E-state index contributed by atoms with van der Waals surface area (Å²) in [5, 5.41) is 3.14. The average molecular weight is 503 g/mol. The Morgan fingerprint density at radius 3 is 2.64 bits per heavy atom. The highest BCUT2D eigenvalue weighted by Crippen LogP contribution is 2.34. The normalized spacial score (nSPS) is 14.9. The molecule has 4 aromatic rings. The van der Waals surface area contributed by atoms with Gasteiger partial charge < -0.3 is 15.0 Å². The third-order valence-corrected chi connectivity index (χ3v) is 7.29. The summed E-state index contributed by atoms with van der Waals surface area (Å²) in [4.78, 5) is 58.0. The predicted molar refractivity (Wildman–Crippen MR) is 137 cm³/mol. The van der Waals surface area contributed by atoms with Gasteiger partial charge in [-0.1, -0.05) is 18.2 Å². The summed E-state index contributed by atoms with van der Waals surface area (Å²) in [6.45, 7) is 3.13. The van der Waals surface area contributed by atoms with E-state index in [0.29, 0.717) is 43.3 Å². The molecule has 9 nitrogen and oxygen atoms in total. The Morgan fingerprint density at radius 2 is 1.89 bits per heavy atom. The van der Waals surface area contributed by atoms with Gasteiger partial charge >= 0.3 is 0 Å². The van der Waals surface area contributed by atoms with Crippen molar-refractivity contribution in [1.82, 2.24) is 9.55 Å². The zero-order valence-electron chi connectivity index (χ0n) is 19.8. The first-order valence-corrected chi connectivity index (χ1v) is 12.0. The molecule has 1 N–H and O–H groups in total. The van der Waals surface area contributed by atoms with Crippen LogP contribution in [0, 0.1) is 6.92 Å².